The number of ether oxygens (including phenoxy) is 1. The van der Waals surface area contributed by atoms with Gasteiger partial charge in [0, 0.05) is 18.7 Å². The van der Waals surface area contributed by atoms with Gasteiger partial charge in [0.05, 0.1) is 30.2 Å². The summed E-state index contributed by atoms with van der Waals surface area (Å²) in [5.41, 5.74) is 0.854. The highest BCUT2D eigenvalue weighted by molar-refractivity contribution is 7.93. The van der Waals surface area contributed by atoms with Crippen molar-refractivity contribution < 1.29 is 17.9 Å². The Morgan fingerprint density at radius 1 is 1.17 bits per heavy atom. The fourth-order valence-corrected chi connectivity index (χ4v) is 4.65. The minimum absolute atomic E-state index is 0.0471. The van der Waals surface area contributed by atoms with Crippen LogP contribution < -0.4 is 4.31 Å². The molecule has 0 unspecified atom stereocenters. The first-order valence-corrected chi connectivity index (χ1v) is 9.42. The van der Waals surface area contributed by atoms with Gasteiger partial charge >= 0.3 is 0 Å². The van der Waals surface area contributed by atoms with E-state index in [9.17, 15) is 13.2 Å². The van der Waals surface area contributed by atoms with E-state index in [1.807, 2.05) is 18.7 Å². The lowest BCUT2D eigenvalue weighted by Gasteiger charge is -2.42. The molecular weight excluding hydrogens is 316 g/mol. The molecular formula is C16H22N2O4S. The van der Waals surface area contributed by atoms with Crippen molar-refractivity contribution in [2.75, 3.05) is 36.4 Å². The normalized spacial score (nSPS) is 23.0. The maximum atomic E-state index is 12.7. The molecule has 2 aliphatic rings. The molecule has 1 aromatic rings. The third-order valence-corrected chi connectivity index (χ3v) is 6.26. The maximum absolute atomic E-state index is 12.7. The van der Waals surface area contributed by atoms with E-state index >= 15 is 0 Å². The molecule has 0 saturated carbocycles. The Morgan fingerprint density at radius 3 is 2.43 bits per heavy atom. The molecule has 7 heteroatoms. The van der Waals surface area contributed by atoms with Gasteiger partial charge in [-0.05, 0) is 44.5 Å². The summed E-state index contributed by atoms with van der Waals surface area (Å²) in [5.74, 6) is 0.143. The predicted molar refractivity (Wildman–Crippen MR) is 88.1 cm³/mol. The Kier molecular flexibility index (Phi) is 4.10. The summed E-state index contributed by atoms with van der Waals surface area (Å²) >= 11 is 0. The number of benzene rings is 1. The second-order valence-corrected chi connectivity index (χ2v) is 8.62. The Bertz CT molecular complexity index is 697. The molecule has 1 aromatic carbocycles. The average Bonchev–Trinajstić information content (AvgIpc) is 2.86. The highest BCUT2D eigenvalue weighted by Crippen LogP contribution is 2.26. The Morgan fingerprint density at radius 2 is 1.87 bits per heavy atom. The van der Waals surface area contributed by atoms with Crippen LogP contribution in [0.3, 0.4) is 0 Å². The van der Waals surface area contributed by atoms with Gasteiger partial charge in [-0.2, -0.15) is 0 Å². The van der Waals surface area contributed by atoms with Crippen molar-refractivity contribution in [2.24, 2.45) is 0 Å². The summed E-state index contributed by atoms with van der Waals surface area (Å²) in [6.07, 6.45) is 0.644. The van der Waals surface area contributed by atoms with Crippen LogP contribution in [0, 0.1) is 0 Å². The zero-order valence-corrected chi connectivity index (χ0v) is 14.3. The number of carbonyl (C=O) groups excluding carboxylic acids is 1. The van der Waals surface area contributed by atoms with Crippen molar-refractivity contribution in [1.82, 2.24) is 4.90 Å². The van der Waals surface area contributed by atoms with Gasteiger partial charge in [-0.3, -0.25) is 9.10 Å². The van der Waals surface area contributed by atoms with Gasteiger partial charge in [0.15, 0.2) is 0 Å². The van der Waals surface area contributed by atoms with Gasteiger partial charge in [-0.1, -0.05) is 0 Å². The van der Waals surface area contributed by atoms with Crippen LogP contribution in [0.5, 0.6) is 0 Å². The highest BCUT2D eigenvalue weighted by atomic mass is 32.2. The predicted octanol–water partition coefficient (Wildman–Crippen LogP) is 1.48. The van der Waals surface area contributed by atoms with Crippen LogP contribution in [-0.4, -0.2) is 56.8 Å². The maximum Gasteiger partial charge on any atom is 0.254 e. The topological polar surface area (TPSA) is 66.9 Å². The third-order valence-electron chi connectivity index (χ3n) is 4.39. The SMILES string of the molecule is CC1(C)COCCN1C(=O)c1ccc(N2CCCS2(=O)=O)cc1. The number of morpholine rings is 1. The number of hydrogen-bond donors (Lipinski definition) is 0. The van der Waals surface area contributed by atoms with E-state index < -0.39 is 10.0 Å². The Labute approximate surface area is 137 Å². The summed E-state index contributed by atoms with van der Waals surface area (Å²) in [5, 5.41) is 0. The summed E-state index contributed by atoms with van der Waals surface area (Å²) in [7, 11) is -3.19. The van der Waals surface area contributed by atoms with Crippen LogP contribution in [0.1, 0.15) is 30.6 Å². The van der Waals surface area contributed by atoms with E-state index in [4.69, 9.17) is 4.74 Å². The van der Waals surface area contributed by atoms with Crippen molar-refractivity contribution >= 4 is 21.6 Å². The molecule has 0 bridgehead atoms. The monoisotopic (exact) mass is 338 g/mol. The molecule has 6 nitrogen and oxygen atoms in total. The fraction of sp³-hybridized carbons (Fsp3) is 0.562. The van der Waals surface area contributed by atoms with E-state index in [0.29, 0.717) is 44.0 Å². The lowest BCUT2D eigenvalue weighted by Crippen LogP contribution is -2.55. The van der Waals surface area contributed by atoms with Crippen molar-refractivity contribution in [1.29, 1.82) is 0 Å². The van der Waals surface area contributed by atoms with Crippen LogP contribution in [0.2, 0.25) is 0 Å². The first kappa shape index (κ1) is 16.3. The van der Waals surface area contributed by atoms with Crippen LogP contribution in [0.15, 0.2) is 24.3 Å². The summed E-state index contributed by atoms with van der Waals surface area (Å²) in [6.45, 7) is 6.09. The molecule has 0 atom stereocenters. The van der Waals surface area contributed by atoms with Crippen molar-refractivity contribution in [3.8, 4) is 0 Å². The first-order chi connectivity index (χ1) is 10.8. The minimum Gasteiger partial charge on any atom is -0.377 e. The smallest absolute Gasteiger partial charge is 0.254 e. The Hall–Kier alpha value is -1.60. The van der Waals surface area contributed by atoms with E-state index in [2.05, 4.69) is 0 Å². The third kappa shape index (κ3) is 3.07. The zero-order chi connectivity index (χ0) is 16.7. The molecule has 0 aromatic heterocycles. The number of carbonyl (C=O) groups is 1. The number of anilines is 1. The second kappa shape index (κ2) is 5.79. The summed E-state index contributed by atoms with van der Waals surface area (Å²) in [6, 6.07) is 6.83. The van der Waals surface area contributed by atoms with Crippen LogP contribution in [0.4, 0.5) is 5.69 Å². The lowest BCUT2D eigenvalue weighted by molar-refractivity contribution is -0.0370. The molecule has 2 aliphatic heterocycles. The molecule has 2 fully saturated rings. The summed E-state index contributed by atoms with van der Waals surface area (Å²) < 4.78 is 30.8. The van der Waals surface area contributed by atoms with Crippen LogP contribution >= 0.6 is 0 Å². The molecule has 126 valence electrons. The lowest BCUT2D eigenvalue weighted by atomic mass is 10.0. The molecule has 2 heterocycles. The van der Waals surface area contributed by atoms with Gasteiger partial charge in [0.2, 0.25) is 10.0 Å². The first-order valence-electron chi connectivity index (χ1n) is 7.81. The molecule has 3 rings (SSSR count). The van der Waals surface area contributed by atoms with E-state index in [1.165, 1.54) is 4.31 Å². The Balaban J connectivity index is 1.81. The zero-order valence-electron chi connectivity index (χ0n) is 13.5. The van der Waals surface area contributed by atoms with Gasteiger partial charge in [0.1, 0.15) is 0 Å². The van der Waals surface area contributed by atoms with Gasteiger partial charge in [-0.25, -0.2) is 8.42 Å². The van der Waals surface area contributed by atoms with Crippen LogP contribution in [0.25, 0.3) is 0 Å². The summed E-state index contributed by atoms with van der Waals surface area (Å²) in [4.78, 5) is 14.5. The van der Waals surface area contributed by atoms with Gasteiger partial charge < -0.3 is 9.64 Å². The number of amides is 1. The highest BCUT2D eigenvalue weighted by Gasteiger charge is 2.35. The molecule has 23 heavy (non-hydrogen) atoms. The molecule has 0 radical (unpaired) electrons. The number of nitrogens with zero attached hydrogens (tertiary/aromatic N) is 2. The number of hydrogen-bond acceptors (Lipinski definition) is 4. The van der Waals surface area contributed by atoms with Crippen molar-refractivity contribution in [3.63, 3.8) is 0 Å². The molecule has 2 saturated heterocycles. The standard InChI is InChI=1S/C16H22N2O4S/c1-16(2)12-22-10-9-17(16)15(19)13-4-6-14(7-5-13)18-8-3-11-23(18,20)21/h4-7H,3,8-12H2,1-2H3. The average molecular weight is 338 g/mol. The number of sulfonamides is 1. The molecule has 0 N–H and O–H groups in total. The van der Waals surface area contributed by atoms with E-state index in [1.54, 1.807) is 24.3 Å². The largest absolute Gasteiger partial charge is 0.377 e. The molecule has 0 spiro atoms. The minimum atomic E-state index is -3.19. The van der Waals surface area contributed by atoms with Crippen LogP contribution in [-0.2, 0) is 14.8 Å². The quantitative estimate of drug-likeness (QED) is 0.819. The van der Waals surface area contributed by atoms with Gasteiger partial charge in [0.25, 0.3) is 5.91 Å². The van der Waals surface area contributed by atoms with E-state index in [0.717, 1.165) is 0 Å². The van der Waals surface area contributed by atoms with Crippen molar-refractivity contribution in [2.45, 2.75) is 25.8 Å². The molecule has 1 amide bonds. The fourth-order valence-electron chi connectivity index (χ4n) is 3.09. The van der Waals surface area contributed by atoms with Crippen molar-refractivity contribution in [3.05, 3.63) is 29.8 Å². The second-order valence-electron chi connectivity index (χ2n) is 6.61. The van der Waals surface area contributed by atoms with E-state index in [-0.39, 0.29) is 17.2 Å². The molecule has 0 aliphatic carbocycles. The van der Waals surface area contributed by atoms with Gasteiger partial charge in [-0.15, -0.1) is 0 Å². The number of rotatable bonds is 2.